The zero-order chi connectivity index (χ0) is 9.68. The minimum atomic E-state index is -0.274. The zero-order valence-corrected chi connectivity index (χ0v) is 7.72. The Kier molecular flexibility index (Phi) is 3.71. The van der Waals surface area contributed by atoms with E-state index in [0.29, 0.717) is 24.5 Å². The van der Waals surface area contributed by atoms with Gasteiger partial charge in [0.25, 0.3) is 0 Å². The topological polar surface area (TPSA) is 35.2 Å². The van der Waals surface area contributed by atoms with E-state index in [4.69, 9.17) is 10.5 Å². The molecule has 2 N–H and O–H groups in total. The van der Waals surface area contributed by atoms with Crippen LogP contribution in [0, 0.1) is 5.82 Å². The summed E-state index contributed by atoms with van der Waals surface area (Å²) in [6, 6.07) is 4.41. The van der Waals surface area contributed by atoms with Gasteiger partial charge in [-0.1, -0.05) is 6.92 Å². The van der Waals surface area contributed by atoms with Crippen molar-refractivity contribution >= 4 is 0 Å². The van der Waals surface area contributed by atoms with Crippen molar-refractivity contribution in [2.75, 3.05) is 6.61 Å². The second-order valence-electron chi connectivity index (χ2n) is 2.80. The Bertz CT molecular complexity index is 276. The largest absolute Gasteiger partial charge is 0.493 e. The first kappa shape index (κ1) is 9.99. The molecule has 0 heterocycles. The molecule has 0 saturated carbocycles. The summed E-state index contributed by atoms with van der Waals surface area (Å²) >= 11 is 0. The molecule has 0 amide bonds. The fourth-order valence-corrected chi connectivity index (χ4v) is 1.06. The highest BCUT2D eigenvalue weighted by Gasteiger charge is 2.02. The normalized spacial score (nSPS) is 10.1. The molecule has 2 nitrogen and oxygen atoms in total. The van der Waals surface area contributed by atoms with E-state index < -0.39 is 0 Å². The van der Waals surface area contributed by atoms with Gasteiger partial charge < -0.3 is 10.5 Å². The van der Waals surface area contributed by atoms with Gasteiger partial charge in [0.2, 0.25) is 0 Å². The molecule has 0 atom stereocenters. The average Bonchev–Trinajstić information content (AvgIpc) is 2.16. The fraction of sp³-hybridized carbons (Fsp3) is 0.400. The van der Waals surface area contributed by atoms with Crippen molar-refractivity contribution in [1.29, 1.82) is 0 Å². The molecule has 0 aromatic heterocycles. The molecule has 0 fully saturated rings. The summed E-state index contributed by atoms with van der Waals surface area (Å²) in [4.78, 5) is 0. The summed E-state index contributed by atoms with van der Waals surface area (Å²) in [7, 11) is 0. The van der Waals surface area contributed by atoms with Gasteiger partial charge >= 0.3 is 0 Å². The Morgan fingerprint density at radius 2 is 2.23 bits per heavy atom. The SMILES string of the molecule is CCCOc1ccc(F)cc1CN. The van der Waals surface area contributed by atoms with Crippen molar-refractivity contribution in [2.45, 2.75) is 19.9 Å². The van der Waals surface area contributed by atoms with Gasteiger partial charge in [0.15, 0.2) is 0 Å². The zero-order valence-electron chi connectivity index (χ0n) is 7.72. The van der Waals surface area contributed by atoms with Gasteiger partial charge in [0.1, 0.15) is 11.6 Å². The number of benzene rings is 1. The van der Waals surface area contributed by atoms with Crippen LogP contribution in [0.25, 0.3) is 0 Å². The predicted octanol–water partition coefficient (Wildman–Crippen LogP) is 2.07. The maximum absolute atomic E-state index is 12.7. The second-order valence-corrected chi connectivity index (χ2v) is 2.80. The van der Waals surface area contributed by atoms with Gasteiger partial charge in [-0.25, -0.2) is 4.39 Å². The molecule has 1 rings (SSSR count). The smallest absolute Gasteiger partial charge is 0.123 e. The molecule has 0 unspecified atom stereocenters. The van der Waals surface area contributed by atoms with Crippen LogP contribution in [0.4, 0.5) is 4.39 Å². The lowest BCUT2D eigenvalue weighted by Crippen LogP contribution is -2.03. The molecule has 0 radical (unpaired) electrons. The van der Waals surface area contributed by atoms with Gasteiger partial charge in [-0.2, -0.15) is 0 Å². The summed E-state index contributed by atoms with van der Waals surface area (Å²) < 4.78 is 18.1. The molecule has 0 saturated heterocycles. The highest BCUT2D eigenvalue weighted by molar-refractivity contribution is 5.33. The predicted molar refractivity (Wildman–Crippen MR) is 50.1 cm³/mol. The lowest BCUT2D eigenvalue weighted by Gasteiger charge is -2.08. The Hall–Kier alpha value is -1.09. The Balaban J connectivity index is 2.79. The van der Waals surface area contributed by atoms with E-state index in [0.717, 1.165) is 6.42 Å². The molecule has 72 valence electrons. The maximum Gasteiger partial charge on any atom is 0.123 e. The van der Waals surface area contributed by atoms with Crippen LogP contribution in [0.5, 0.6) is 5.75 Å². The van der Waals surface area contributed by atoms with Gasteiger partial charge in [-0.05, 0) is 24.6 Å². The van der Waals surface area contributed by atoms with Crippen LogP contribution >= 0.6 is 0 Å². The summed E-state index contributed by atoms with van der Waals surface area (Å²) in [6.07, 6.45) is 0.932. The van der Waals surface area contributed by atoms with E-state index in [-0.39, 0.29) is 5.82 Å². The van der Waals surface area contributed by atoms with E-state index in [1.807, 2.05) is 6.92 Å². The van der Waals surface area contributed by atoms with Crippen molar-refractivity contribution in [3.8, 4) is 5.75 Å². The molecule has 0 aliphatic carbocycles. The van der Waals surface area contributed by atoms with E-state index >= 15 is 0 Å². The molecule has 1 aromatic carbocycles. The number of nitrogens with two attached hydrogens (primary N) is 1. The molecule has 0 spiro atoms. The van der Waals surface area contributed by atoms with E-state index in [1.165, 1.54) is 12.1 Å². The third-order valence-electron chi connectivity index (χ3n) is 1.70. The van der Waals surface area contributed by atoms with Crippen molar-refractivity contribution in [2.24, 2.45) is 5.73 Å². The standard InChI is InChI=1S/C10H14FNO/c1-2-5-13-10-4-3-9(11)6-8(10)7-12/h3-4,6H,2,5,7,12H2,1H3. The monoisotopic (exact) mass is 183 g/mol. The quantitative estimate of drug-likeness (QED) is 0.775. The number of rotatable bonds is 4. The number of halogens is 1. The summed E-state index contributed by atoms with van der Waals surface area (Å²) in [5.41, 5.74) is 6.16. The van der Waals surface area contributed by atoms with Crippen LogP contribution in [0.1, 0.15) is 18.9 Å². The lowest BCUT2D eigenvalue weighted by atomic mass is 10.2. The van der Waals surface area contributed by atoms with E-state index in [9.17, 15) is 4.39 Å². The van der Waals surface area contributed by atoms with Gasteiger partial charge in [0, 0.05) is 12.1 Å². The first-order valence-corrected chi connectivity index (χ1v) is 4.39. The molecule has 0 aliphatic heterocycles. The molecular formula is C10H14FNO. The van der Waals surface area contributed by atoms with Crippen LogP contribution in [0.3, 0.4) is 0 Å². The van der Waals surface area contributed by atoms with Crippen LogP contribution in [-0.2, 0) is 6.54 Å². The first-order valence-electron chi connectivity index (χ1n) is 4.39. The number of hydrogen-bond donors (Lipinski definition) is 1. The number of hydrogen-bond acceptors (Lipinski definition) is 2. The molecule has 3 heteroatoms. The fourth-order valence-electron chi connectivity index (χ4n) is 1.06. The lowest BCUT2D eigenvalue weighted by molar-refractivity contribution is 0.313. The van der Waals surface area contributed by atoms with Crippen molar-refractivity contribution < 1.29 is 9.13 Å². The van der Waals surface area contributed by atoms with Crippen LogP contribution in [0.15, 0.2) is 18.2 Å². The molecule has 1 aromatic rings. The first-order chi connectivity index (χ1) is 6.27. The van der Waals surface area contributed by atoms with E-state index in [2.05, 4.69) is 0 Å². The van der Waals surface area contributed by atoms with Crippen molar-refractivity contribution in [3.63, 3.8) is 0 Å². The minimum absolute atomic E-state index is 0.274. The minimum Gasteiger partial charge on any atom is -0.493 e. The Morgan fingerprint density at radius 1 is 1.46 bits per heavy atom. The average molecular weight is 183 g/mol. The second kappa shape index (κ2) is 4.82. The van der Waals surface area contributed by atoms with Crippen LogP contribution in [0.2, 0.25) is 0 Å². The van der Waals surface area contributed by atoms with Gasteiger partial charge in [0.05, 0.1) is 6.61 Å². The Morgan fingerprint density at radius 3 is 2.85 bits per heavy atom. The van der Waals surface area contributed by atoms with Crippen LogP contribution in [-0.4, -0.2) is 6.61 Å². The van der Waals surface area contributed by atoms with Crippen LogP contribution < -0.4 is 10.5 Å². The highest BCUT2D eigenvalue weighted by Crippen LogP contribution is 2.19. The van der Waals surface area contributed by atoms with Crippen molar-refractivity contribution in [3.05, 3.63) is 29.6 Å². The number of ether oxygens (including phenoxy) is 1. The van der Waals surface area contributed by atoms with Gasteiger partial charge in [-0.15, -0.1) is 0 Å². The summed E-state index contributed by atoms with van der Waals surface area (Å²) in [6.45, 7) is 2.96. The third kappa shape index (κ3) is 2.70. The van der Waals surface area contributed by atoms with Gasteiger partial charge in [-0.3, -0.25) is 0 Å². The summed E-state index contributed by atoms with van der Waals surface area (Å²) in [5.74, 6) is 0.412. The highest BCUT2D eigenvalue weighted by atomic mass is 19.1. The third-order valence-corrected chi connectivity index (χ3v) is 1.70. The van der Waals surface area contributed by atoms with E-state index in [1.54, 1.807) is 6.07 Å². The summed E-state index contributed by atoms with van der Waals surface area (Å²) in [5, 5.41) is 0. The molecule has 0 aliphatic rings. The molecule has 13 heavy (non-hydrogen) atoms. The molecular weight excluding hydrogens is 169 g/mol. The van der Waals surface area contributed by atoms with Crippen molar-refractivity contribution in [1.82, 2.24) is 0 Å². The maximum atomic E-state index is 12.7. The molecule has 0 bridgehead atoms. The Labute approximate surface area is 77.5 Å².